The molecule has 102 valence electrons. The lowest BCUT2D eigenvalue weighted by atomic mass is 10.1. The monoisotopic (exact) mass is 269 g/mol. The number of hydrogen-bond acceptors (Lipinski definition) is 2. The van der Waals surface area contributed by atoms with E-state index in [1.54, 1.807) is 19.2 Å². The first-order valence-electron chi connectivity index (χ1n) is 5.77. The molecule has 0 saturated carbocycles. The van der Waals surface area contributed by atoms with E-state index in [0.29, 0.717) is 17.8 Å². The summed E-state index contributed by atoms with van der Waals surface area (Å²) in [5, 5.41) is 10.9. The molecule has 0 fully saturated rings. The van der Waals surface area contributed by atoms with Crippen LogP contribution in [0, 0.1) is 11.5 Å². The van der Waals surface area contributed by atoms with Gasteiger partial charge in [0, 0.05) is 6.42 Å². The predicted molar refractivity (Wildman–Crippen MR) is 66.3 cm³/mol. The molecule has 0 aliphatic carbocycles. The first-order chi connectivity index (χ1) is 8.88. The summed E-state index contributed by atoms with van der Waals surface area (Å²) in [6.45, 7) is 3.49. The highest BCUT2D eigenvalue weighted by Crippen LogP contribution is 2.31. The zero-order valence-corrected chi connectivity index (χ0v) is 10.6. The van der Waals surface area contributed by atoms with Crippen molar-refractivity contribution in [1.82, 2.24) is 5.32 Å². The van der Waals surface area contributed by atoms with Crippen molar-refractivity contribution in [3.05, 3.63) is 35.4 Å². The minimum atomic E-state index is -4.36. The van der Waals surface area contributed by atoms with Crippen molar-refractivity contribution < 1.29 is 13.2 Å². The van der Waals surface area contributed by atoms with Gasteiger partial charge in [-0.05, 0) is 24.6 Å². The van der Waals surface area contributed by atoms with Crippen LogP contribution in [0.15, 0.2) is 29.3 Å². The van der Waals surface area contributed by atoms with Crippen LogP contribution in [0.5, 0.6) is 0 Å². The maximum absolute atomic E-state index is 12.6. The lowest BCUT2D eigenvalue weighted by molar-refractivity contribution is -0.137. The second-order valence-corrected chi connectivity index (χ2v) is 3.97. The summed E-state index contributed by atoms with van der Waals surface area (Å²) in [7, 11) is 0. The van der Waals surface area contributed by atoms with Crippen LogP contribution in [0.25, 0.3) is 0 Å². The Hall–Kier alpha value is -2.03. The number of alkyl halides is 3. The summed E-state index contributed by atoms with van der Waals surface area (Å²) in [4.78, 5) is 4.19. The SMILES string of the molecule is CCC(=N[C@H](C)c1cccc(C(F)(F)F)c1)NC#N. The van der Waals surface area contributed by atoms with Crippen molar-refractivity contribution in [2.24, 2.45) is 4.99 Å². The molecule has 0 spiro atoms. The molecule has 0 bridgehead atoms. The van der Waals surface area contributed by atoms with Gasteiger partial charge >= 0.3 is 6.18 Å². The summed E-state index contributed by atoms with van der Waals surface area (Å²) >= 11 is 0. The standard InChI is InChI=1S/C13H14F3N3/c1-3-12(18-8-17)19-9(2)10-5-4-6-11(7-10)13(14,15)16/h4-7,9H,3H2,1-2H3,(H,18,19)/t9-/m1/s1. The highest BCUT2D eigenvalue weighted by atomic mass is 19.4. The highest BCUT2D eigenvalue weighted by Gasteiger charge is 2.30. The zero-order chi connectivity index (χ0) is 14.5. The van der Waals surface area contributed by atoms with Crippen LogP contribution in [0.2, 0.25) is 0 Å². The molecule has 0 aliphatic heterocycles. The number of amidine groups is 1. The van der Waals surface area contributed by atoms with Crippen molar-refractivity contribution in [2.45, 2.75) is 32.5 Å². The van der Waals surface area contributed by atoms with Crippen molar-refractivity contribution in [2.75, 3.05) is 0 Å². The normalized spacial score (nSPS) is 13.8. The number of nitrogens with one attached hydrogen (secondary N) is 1. The van der Waals surface area contributed by atoms with Crippen molar-refractivity contribution in [3.63, 3.8) is 0 Å². The van der Waals surface area contributed by atoms with Gasteiger partial charge in [-0.25, -0.2) is 0 Å². The van der Waals surface area contributed by atoms with E-state index in [9.17, 15) is 13.2 Å². The van der Waals surface area contributed by atoms with Crippen molar-refractivity contribution >= 4 is 5.84 Å². The Morgan fingerprint density at radius 2 is 2.16 bits per heavy atom. The predicted octanol–water partition coefficient (Wildman–Crippen LogP) is 3.65. The topological polar surface area (TPSA) is 48.2 Å². The van der Waals surface area contributed by atoms with Gasteiger partial charge in [0.25, 0.3) is 0 Å². The number of hydrogen-bond donors (Lipinski definition) is 1. The average Bonchev–Trinajstić information content (AvgIpc) is 2.37. The summed E-state index contributed by atoms with van der Waals surface area (Å²) in [6, 6.07) is 4.59. The number of benzene rings is 1. The number of rotatable bonds is 3. The van der Waals surface area contributed by atoms with Crippen LogP contribution in [0.1, 0.15) is 37.4 Å². The van der Waals surface area contributed by atoms with Crippen LogP contribution in [-0.4, -0.2) is 5.84 Å². The Morgan fingerprint density at radius 3 is 2.68 bits per heavy atom. The summed E-state index contributed by atoms with van der Waals surface area (Å²) < 4.78 is 37.8. The van der Waals surface area contributed by atoms with Gasteiger partial charge in [-0.1, -0.05) is 19.1 Å². The Bertz CT molecular complexity index is 501. The molecule has 1 aromatic rings. The molecule has 1 atom stereocenters. The van der Waals surface area contributed by atoms with Crippen LogP contribution < -0.4 is 5.32 Å². The van der Waals surface area contributed by atoms with E-state index in [1.165, 1.54) is 6.07 Å². The van der Waals surface area contributed by atoms with Gasteiger partial charge in [-0.2, -0.15) is 18.4 Å². The molecule has 0 heterocycles. The molecule has 1 N–H and O–H groups in total. The maximum Gasteiger partial charge on any atom is 0.416 e. The number of halogens is 3. The second-order valence-electron chi connectivity index (χ2n) is 3.97. The minimum absolute atomic E-state index is 0.446. The molecule has 19 heavy (non-hydrogen) atoms. The van der Waals surface area contributed by atoms with E-state index >= 15 is 0 Å². The molecular weight excluding hydrogens is 255 g/mol. The van der Waals surface area contributed by atoms with Gasteiger partial charge in [0.15, 0.2) is 6.19 Å². The van der Waals surface area contributed by atoms with Crippen LogP contribution in [-0.2, 0) is 6.18 Å². The molecule has 0 saturated heterocycles. The van der Waals surface area contributed by atoms with E-state index in [2.05, 4.69) is 10.3 Å². The Balaban J connectivity index is 3.01. The second kappa shape index (κ2) is 6.23. The van der Waals surface area contributed by atoms with Gasteiger partial charge in [0.05, 0.1) is 11.6 Å². The van der Waals surface area contributed by atoms with Crippen molar-refractivity contribution in [3.8, 4) is 6.19 Å². The largest absolute Gasteiger partial charge is 0.416 e. The van der Waals surface area contributed by atoms with Crippen LogP contribution in [0.3, 0.4) is 0 Å². The van der Waals surface area contributed by atoms with Crippen LogP contribution >= 0.6 is 0 Å². The molecule has 0 radical (unpaired) electrons. The van der Waals surface area contributed by atoms with E-state index in [-0.39, 0.29) is 0 Å². The van der Waals surface area contributed by atoms with Gasteiger partial charge in [-0.3, -0.25) is 10.3 Å². The first kappa shape index (κ1) is 15.0. The maximum atomic E-state index is 12.6. The third-order valence-corrected chi connectivity index (χ3v) is 2.58. The fourth-order valence-corrected chi connectivity index (χ4v) is 1.56. The molecular formula is C13H14F3N3. The smallest absolute Gasteiger partial charge is 0.281 e. The molecule has 0 amide bonds. The molecule has 1 aromatic carbocycles. The summed E-state index contributed by atoms with van der Waals surface area (Å²) in [6.07, 6.45) is -2.10. The van der Waals surface area contributed by atoms with E-state index in [4.69, 9.17) is 5.26 Å². The number of aliphatic imine (C=N–C) groups is 1. The molecule has 0 aliphatic rings. The molecule has 0 unspecified atom stereocenters. The average molecular weight is 269 g/mol. The molecule has 1 rings (SSSR count). The van der Waals surface area contributed by atoms with E-state index < -0.39 is 17.8 Å². The number of nitriles is 1. The van der Waals surface area contributed by atoms with Gasteiger partial charge < -0.3 is 0 Å². The number of nitrogens with zero attached hydrogens (tertiary/aromatic N) is 2. The van der Waals surface area contributed by atoms with Gasteiger partial charge in [0.1, 0.15) is 5.84 Å². The van der Waals surface area contributed by atoms with E-state index in [0.717, 1.165) is 12.1 Å². The summed E-state index contributed by atoms with van der Waals surface area (Å²) in [5.74, 6) is 0.451. The molecule has 6 heteroatoms. The fourth-order valence-electron chi connectivity index (χ4n) is 1.56. The summed E-state index contributed by atoms with van der Waals surface area (Å²) in [5.41, 5.74) is -0.237. The van der Waals surface area contributed by atoms with Crippen molar-refractivity contribution in [1.29, 1.82) is 5.26 Å². The molecule has 0 aromatic heterocycles. The zero-order valence-electron chi connectivity index (χ0n) is 10.6. The third-order valence-electron chi connectivity index (χ3n) is 2.58. The fraction of sp³-hybridized carbons (Fsp3) is 0.385. The third kappa shape index (κ3) is 4.28. The highest BCUT2D eigenvalue weighted by molar-refractivity contribution is 5.83. The Morgan fingerprint density at radius 1 is 1.47 bits per heavy atom. The first-order valence-corrected chi connectivity index (χ1v) is 5.77. The lowest BCUT2D eigenvalue weighted by Crippen LogP contribution is -2.17. The molecule has 3 nitrogen and oxygen atoms in total. The van der Waals surface area contributed by atoms with Gasteiger partial charge in [-0.15, -0.1) is 0 Å². The lowest BCUT2D eigenvalue weighted by Gasteiger charge is -2.12. The minimum Gasteiger partial charge on any atom is -0.281 e. The van der Waals surface area contributed by atoms with E-state index in [1.807, 2.05) is 6.92 Å². The Labute approximate surface area is 109 Å². The quantitative estimate of drug-likeness (QED) is 0.394. The Kier molecular flexibility index (Phi) is 4.93. The van der Waals surface area contributed by atoms with Gasteiger partial charge in [0.2, 0.25) is 0 Å². The van der Waals surface area contributed by atoms with Crippen LogP contribution in [0.4, 0.5) is 13.2 Å².